The highest BCUT2D eigenvalue weighted by Gasteiger charge is 2.16. The molecule has 0 amide bonds. The largest absolute Gasteiger partial charge is 0.360 e. The molecular formula is C26H34N2OS. The summed E-state index contributed by atoms with van der Waals surface area (Å²) in [4.78, 5) is 13.0. The fraction of sp³-hybridized carbons (Fsp3) is 0.462. The Morgan fingerprint density at radius 2 is 1.53 bits per heavy atom. The van der Waals surface area contributed by atoms with E-state index < -0.39 is 0 Å². The predicted molar refractivity (Wildman–Crippen MR) is 130 cm³/mol. The second-order valence-corrected chi connectivity index (χ2v) is 9.79. The van der Waals surface area contributed by atoms with Crippen LogP contribution in [0.2, 0.25) is 0 Å². The average molecular weight is 423 g/mol. The summed E-state index contributed by atoms with van der Waals surface area (Å²) in [6.07, 6.45) is 8.86. The first-order valence-corrected chi connectivity index (χ1v) is 11.6. The average Bonchev–Trinajstić information content (AvgIpc) is 2.69. The van der Waals surface area contributed by atoms with Gasteiger partial charge in [-0.05, 0) is 48.2 Å². The van der Waals surface area contributed by atoms with Crippen molar-refractivity contribution in [1.82, 2.24) is 5.32 Å². The lowest BCUT2D eigenvalue weighted by Gasteiger charge is -2.23. The highest BCUT2D eigenvalue weighted by atomic mass is 32.1. The third-order valence-corrected chi connectivity index (χ3v) is 6.06. The van der Waals surface area contributed by atoms with Crippen molar-refractivity contribution in [2.45, 2.75) is 77.2 Å². The minimum Gasteiger partial charge on any atom is -0.360 e. The van der Waals surface area contributed by atoms with Gasteiger partial charge in [-0.2, -0.15) is 0 Å². The Labute approximate surface area is 186 Å². The zero-order chi connectivity index (χ0) is 21.6. The van der Waals surface area contributed by atoms with E-state index >= 15 is 0 Å². The Bertz CT molecular complexity index is 859. The zero-order valence-electron chi connectivity index (χ0n) is 18.5. The van der Waals surface area contributed by atoms with Crippen LogP contribution in [0.25, 0.3) is 0 Å². The molecule has 3 nitrogen and oxygen atoms in total. The third kappa shape index (κ3) is 6.40. The van der Waals surface area contributed by atoms with Crippen molar-refractivity contribution in [3.63, 3.8) is 0 Å². The Morgan fingerprint density at radius 3 is 2.17 bits per heavy atom. The van der Waals surface area contributed by atoms with E-state index in [1.165, 1.54) is 50.5 Å². The first-order chi connectivity index (χ1) is 14.3. The van der Waals surface area contributed by atoms with Crippen LogP contribution in [0.4, 0.5) is 5.69 Å². The number of rotatable bonds is 4. The number of carbonyl (C=O) groups is 1. The molecule has 0 spiro atoms. The van der Waals surface area contributed by atoms with Crippen LogP contribution in [0.1, 0.15) is 87.2 Å². The topological polar surface area (TPSA) is 41.1 Å². The Kier molecular flexibility index (Phi) is 7.65. The van der Waals surface area contributed by atoms with Crippen LogP contribution in [0.3, 0.4) is 0 Å². The zero-order valence-corrected chi connectivity index (χ0v) is 19.3. The number of benzene rings is 2. The first kappa shape index (κ1) is 22.5. The normalized spacial score (nSPS) is 15.7. The minimum atomic E-state index is 0.0259. The number of carbonyl (C=O) groups excluding carboxylic acids is 1. The van der Waals surface area contributed by atoms with Crippen LogP contribution in [0.15, 0.2) is 48.5 Å². The molecule has 1 aliphatic rings. The molecule has 1 saturated carbocycles. The standard InChI is InChI=1S/C26H34N2OS/c1-26(2,3)21-16-14-19(15-17-21)24(29)20-10-9-13-23(18-20)28-25(30)27-22-11-7-5-4-6-8-12-22/h9-10,13-18,22H,4-8,11-12H2,1-3H3,(H2,27,28,30). The van der Waals surface area contributed by atoms with Gasteiger partial charge in [0.2, 0.25) is 0 Å². The summed E-state index contributed by atoms with van der Waals surface area (Å²) in [5.74, 6) is 0.0259. The number of nitrogens with one attached hydrogen (secondary N) is 2. The third-order valence-electron chi connectivity index (χ3n) is 5.84. The summed E-state index contributed by atoms with van der Waals surface area (Å²) in [7, 11) is 0. The number of ketones is 1. The Balaban J connectivity index is 1.63. The summed E-state index contributed by atoms with van der Waals surface area (Å²) in [6.45, 7) is 6.52. The smallest absolute Gasteiger partial charge is 0.193 e. The molecule has 2 aromatic carbocycles. The molecule has 0 bridgehead atoms. The van der Waals surface area contributed by atoms with Gasteiger partial charge in [0.05, 0.1) is 0 Å². The number of hydrogen-bond donors (Lipinski definition) is 2. The molecule has 0 atom stereocenters. The first-order valence-electron chi connectivity index (χ1n) is 11.2. The van der Waals surface area contributed by atoms with Gasteiger partial charge in [0, 0.05) is 22.9 Å². The van der Waals surface area contributed by atoms with E-state index in [0.29, 0.717) is 22.3 Å². The van der Waals surface area contributed by atoms with Gasteiger partial charge in [-0.3, -0.25) is 4.79 Å². The Morgan fingerprint density at radius 1 is 0.900 bits per heavy atom. The molecule has 1 fully saturated rings. The molecule has 3 rings (SSSR count). The molecule has 0 heterocycles. The molecule has 0 unspecified atom stereocenters. The van der Waals surface area contributed by atoms with Gasteiger partial charge >= 0.3 is 0 Å². The summed E-state index contributed by atoms with van der Waals surface area (Å²) in [5, 5.41) is 7.38. The van der Waals surface area contributed by atoms with Crippen molar-refractivity contribution in [1.29, 1.82) is 0 Å². The fourth-order valence-corrected chi connectivity index (χ4v) is 4.26. The van der Waals surface area contributed by atoms with Crippen LogP contribution in [-0.2, 0) is 5.41 Å². The van der Waals surface area contributed by atoms with Gasteiger partial charge in [-0.1, -0.05) is 89.3 Å². The lowest BCUT2D eigenvalue weighted by Crippen LogP contribution is -2.38. The predicted octanol–water partition coefficient (Wildman–Crippen LogP) is 6.61. The van der Waals surface area contributed by atoms with Crippen molar-refractivity contribution in [2.24, 2.45) is 0 Å². The summed E-state index contributed by atoms with van der Waals surface area (Å²) < 4.78 is 0. The van der Waals surface area contributed by atoms with Gasteiger partial charge in [0.25, 0.3) is 0 Å². The van der Waals surface area contributed by atoms with Crippen molar-refractivity contribution in [3.05, 3.63) is 65.2 Å². The van der Waals surface area contributed by atoms with Crippen molar-refractivity contribution < 1.29 is 4.79 Å². The second kappa shape index (κ2) is 10.2. The Hall–Kier alpha value is -2.20. The van der Waals surface area contributed by atoms with Crippen LogP contribution in [0.5, 0.6) is 0 Å². The maximum Gasteiger partial charge on any atom is 0.193 e. The molecule has 0 radical (unpaired) electrons. The van der Waals surface area contributed by atoms with E-state index in [0.717, 1.165) is 5.69 Å². The molecule has 1 aliphatic carbocycles. The van der Waals surface area contributed by atoms with E-state index in [4.69, 9.17) is 12.2 Å². The lowest BCUT2D eigenvalue weighted by atomic mass is 9.86. The molecule has 0 saturated heterocycles. The van der Waals surface area contributed by atoms with Gasteiger partial charge in [-0.25, -0.2) is 0 Å². The van der Waals surface area contributed by atoms with E-state index in [-0.39, 0.29) is 11.2 Å². The molecule has 2 N–H and O–H groups in total. The van der Waals surface area contributed by atoms with Crippen molar-refractivity contribution >= 4 is 28.8 Å². The molecule has 160 valence electrons. The minimum absolute atomic E-state index is 0.0259. The van der Waals surface area contributed by atoms with Crippen LogP contribution in [0, 0.1) is 0 Å². The highest BCUT2D eigenvalue weighted by Crippen LogP contribution is 2.23. The van der Waals surface area contributed by atoms with E-state index in [1.54, 1.807) is 0 Å². The van der Waals surface area contributed by atoms with Gasteiger partial charge in [0.1, 0.15) is 0 Å². The summed E-state index contributed by atoms with van der Waals surface area (Å²) in [5.41, 5.74) is 3.51. The molecule has 0 aliphatic heterocycles. The monoisotopic (exact) mass is 422 g/mol. The SMILES string of the molecule is CC(C)(C)c1ccc(C(=O)c2cccc(NC(=S)NC3CCCCCCC3)c2)cc1. The molecule has 0 aromatic heterocycles. The number of hydrogen-bond acceptors (Lipinski definition) is 2. The van der Waals surface area contributed by atoms with E-state index in [9.17, 15) is 4.79 Å². The van der Waals surface area contributed by atoms with E-state index in [2.05, 4.69) is 31.4 Å². The number of thiocarbonyl (C=S) groups is 1. The maximum absolute atomic E-state index is 13.0. The fourth-order valence-electron chi connectivity index (χ4n) is 3.98. The van der Waals surface area contributed by atoms with Gasteiger partial charge in [-0.15, -0.1) is 0 Å². The van der Waals surface area contributed by atoms with Crippen LogP contribution in [-0.4, -0.2) is 16.9 Å². The van der Waals surface area contributed by atoms with Crippen molar-refractivity contribution in [2.75, 3.05) is 5.32 Å². The summed E-state index contributed by atoms with van der Waals surface area (Å²) in [6, 6.07) is 16.0. The van der Waals surface area contributed by atoms with Crippen molar-refractivity contribution in [3.8, 4) is 0 Å². The molecule has 2 aromatic rings. The lowest BCUT2D eigenvalue weighted by molar-refractivity contribution is 0.103. The quantitative estimate of drug-likeness (QED) is 0.429. The number of anilines is 1. The van der Waals surface area contributed by atoms with Gasteiger partial charge in [0.15, 0.2) is 10.9 Å². The molecule has 30 heavy (non-hydrogen) atoms. The van der Waals surface area contributed by atoms with Gasteiger partial charge < -0.3 is 10.6 Å². The highest BCUT2D eigenvalue weighted by molar-refractivity contribution is 7.80. The molecule has 4 heteroatoms. The van der Waals surface area contributed by atoms with Crippen LogP contribution >= 0.6 is 12.2 Å². The second-order valence-electron chi connectivity index (χ2n) is 9.38. The molecular weight excluding hydrogens is 388 g/mol. The maximum atomic E-state index is 13.0. The summed E-state index contributed by atoms with van der Waals surface area (Å²) >= 11 is 5.54. The van der Waals surface area contributed by atoms with Crippen LogP contribution < -0.4 is 10.6 Å². The van der Waals surface area contributed by atoms with E-state index in [1.807, 2.05) is 48.5 Å².